The topological polar surface area (TPSA) is 81.9 Å². The summed E-state index contributed by atoms with van der Waals surface area (Å²) in [6.45, 7) is 5.74. The van der Waals surface area contributed by atoms with E-state index in [0.717, 1.165) is 0 Å². The van der Waals surface area contributed by atoms with E-state index in [1.54, 1.807) is 7.05 Å². The number of nitrogens with zero attached hydrogens (tertiary/aromatic N) is 2. The number of carboxylic acid groups (broad SMARTS) is 1. The summed E-state index contributed by atoms with van der Waals surface area (Å²) in [4.78, 5) is 28.4. The standard InChI is InChI=1S/C12H23N3O4/c1-12(2,3)14(4)15(18)13-19-10-7-5-9(6-8-10)11(16)17/h9-10H,5-8H2,1-4H3,(H-,13,16,17,18)/p+1. The molecular formula is C12H24N3O4+. The number of carbonyl (C=O) groups is 1. The number of hydrazine groups is 2. The van der Waals surface area contributed by atoms with Crippen LogP contribution in [0.15, 0.2) is 0 Å². The highest BCUT2D eigenvalue weighted by molar-refractivity contribution is 5.69. The molecule has 0 aliphatic heterocycles. The maximum absolute atomic E-state index is 11.7. The molecule has 0 unspecified atom stereocenters. The summed E-state index contributed by atoms with van der Waals surface area (Å²) in [6.07, 6.45) is 2.37. The molecule has 7 heteroatoms. The average Bonchev–Trinajstić information content (AvgIpc) is 2.34. The molecule has 110 valence electrons. The second-order valence-electron chi connectivity index (χ2n) is 5.99. The van der Waals surface area contributed by atoms with E-state index in [1.807, 2.05) is 20.8 Å². The summed E-state index contributed by atoms with van der Waals surface area (Å²) in [6, 6.07) is 0. The minimum atomic E-state index is -0.746. The van der Waals surface area contributed by atoms with Crippen molar-refractivity contribution >= 4 is 5.97 Å². The number of aliphatic carboxylic acids is 1. The third-order valence-electron chi connectivity index (χ3n) is 3.56. The summed E-state index contributed by atoms with van der Waals surface area (Å²) in [7, 11) is 1.67. The summed E-state index contributed by atoms with van der Waals surface area (Å²) in [5.41, 5.74) is 2.05. The maximum Gasteiger partial charge on any atom is 0.306 e. The van der Waals surface area contributed by atoms with E-state index >= 15 is 0 Å². The van der Waals surface area contributed by atoms with Crippen molar-refractivity contribution in [2.75, 3.05) is 7.05 Å². The lowest BCUT2D eigenvalue weighted by Crippen LogP contribution is -2.50. The van der Waals surface area contributed by atoms with Gasteiger partial charge in [-0.2, -0.15) is 0 Å². The second kappa shape index (κ2) is 6.18. The molecule has 1 fully saturated rings. The first kappa shape index (κ1) is 15.7. The molecule has 1 rings (SSSR count). The Labute approximate surface area is 113 Å². The first-order valence-electron chi connectivity index (χ1n) is 6.57. The lowest BCUT2D eigenvalue weighted by molar-refractivity contribution is -0.797. The van der Waals surface area contributed by atoms with Crippen LogP contribution in [0.2, 0.25) is 0 Å². The molecule has 0 heterocycles. The Kier molecular flexibility index (Phi) is 5.11. The van der Waals surface area contributed by atoms with Crippen LogP contribution in [0.25, 0.3) is 0 Å². The smallest absolute Gasteiger partial charge is 0.306 e. The maximum atomic E-state index is 11.7. The fourth-order valence-electron chi connectivity index (χ4n) is 1.88. The molecule has 0 saturated heterocycles. The van der Waals surface area contributed by atoms with E-state index in [0.29, 0.717) is 30.7 Å². The largest absolute Gasteiger partial charge is 0.481 e. The third-order valence-corrected chi connectivity index (χ3v) is 3.56. The average molecular weight is 274 g/mol. The van der Waals surface area contributed by atoms with Crippen molar-refractivity contribution in [1.29, 1.82) is 0 Å². The van der Waals surface area contributed by atoms with Crippen LogP contribution in [-0.4, -0.2) is 39.8 Å². The van der Waals surface area contributed by atoms with Gasteiger partial charge in [0.2, 0.25) is 0 Å². The van der Waals surface area contributed by atoms with Gasteiger partial charge < -0.3 is 5.11 Å². The Hall–Kier alpha value is -1.37. The molecular weight excluding hydrogens is 250 g/mol. The van der Waals surface area contributed by atoms with Gasteiger partial charge in [-0.05, 0) is 46.5 Å². The van der Waals surface area contributed by atoms with Crippen LogP contribution in [0.1, 0.15) is 46.5 Å². The number of hydrogen-bond acceptors (Lipinski definition) is 3. The lowest BCUT2D eigenvalue weighted by Gasteiger charge is -2.26. The minimum Gasteiger partial charge on any atom is -0.481 e. The van der Waals surface area contributed by atoms with Gasteiger partial charge in [0.25, 0.3) is 4.98 Å². The lowest BCUT2D eigenvalue weighted by atomic mass is 9.88. The Balaban J connectivity index is 2.31. The number of hydrogen-bond donors (Lipinski definition) is 2. The molecule has 0 bridgehead atoms. The molecule has 0 aromatic heterocycles. The van der Waals surface area contributed by atoms with Crippen LogP contribution in [0.4, 0.5) is 0 Å². The molecule has 1 saturated carbocycles. The Bertz CT molecular complexity index is 332. The molecule has 0 spiro atoms. The third kappa shape index (κ3) is 4.66. The molecule has 0 aromatic carbocycles. The second-order valence-corrected chi connectivity index (χ2v) is 5.99. The summed E-state index contributed by atoms with van der Waals surface area (Å²) < 4.78 is 0. The zero-order valence-electron chi connectivity index (χ0n) is 12.0. The molecule has 0 amide bonds. The fraction of sp³-hybridized carbons (Fsp3) is 0.917. The molecule has 1 aliphatic rings. The van der Waals surface area contributed by atoms with Crippen LogP contribution >= 0.6 is 0 Å². The van der Waals surface area contributed by atoms with E-state index in [2.05, 4.69) is 5.59 Å². The van der Waals surface area contributed by atoms with Gasteiger partial charge in [0, 0.05) is 5.59 Å². The highest BCUT2D eigenvalue weighted by atomic mass is 16.7. The van der Waals surface area contributed by atoms with Crippen molar-refractivity contribution in [3.05, 3.63) is 4.91 Å². The van der Waals surface area contributed by atoms with Gasteiger partial charge in [0.1, 0.15) is 0 Å². The number of rotatable bonds is 5. The molecule has 0 aromatic rings. The number of nitroso groups, excluding NO2 is 1. The number of nitrogens with one attached hydrogen (secondary N) is 1. The molecule has 1 aliphatic carbocycles. The molecule has 0 radical (unpaired) electrons. The van der Waals surface area contributed by atoms with Gasteiger partial charge in [-0.1, -0.05) is 0 Å². The molecule has 7 nitrogen and oxygen atoms in total. The first-order valence-corrected chi connectivity index (χ1v) is 6.57. The predicted octanol–water partition coefficient (Wildman–Crippen LogP) is 1.49. The Morgan fingerprint density at radius 2 is 1.84 bits per heavy atom. The van der Waals surface area contributed by atoms with Crippen molar-refractivity contribution in [3.63, 3.8) is 0 Å². The molecule has 2 N–H and O–H groups in total. The van der Waals surface area contributed by atoms with E-state index in [9.17, 15) is 9.70 Å². The van der Waals surface area contributed by atoms with Crippen LogP contribution < -0.4 is 5.59 Å². The van der Waals surface area contributed by atoms with Crippen molar-refractivity contribution < 1.29 is 19.7 Å². The Morgan fingerprint density at radius 1 is 1.32 bits per heavy atom. The highest BCUT2D eigenvalue weighted by Crippen LogP contribution is 2.25. The summed E-state index contributed by atoms with van der Waals surface area (Å²) in [5, 5.41) is 10.4. The zero-order chi connectivity index (χ0) is 14.6. The molecule has 19 heavy (non-hydrogen) atoms. The normalized spacial score (nSPS) is 23.8. The summed E-state index contributed by atoms with van der Waals surface area (Å²) >= 11 is 0. The SMILES string of the molecule is CN([N+](=O)NOC1CCC(C(=O)O)CC1)C(C)(C)C. The van der Waals surface area contributed by atoms with Gasteiger partial charge in [0.15, 0.2) is 0 Å². The van der Waals surface area contributed by atoms with Crippen LogP contribution in [0.5, 0.6) is 0 Å². The molecule has 0 atom stereocenters. The predicted molar refractivity (Wildman–Crippen MR) is 68.7 cm³/mol. The van der Waals surface area contributed by atoms with Crippen molar-refractivity contribution in [3.8, 4) is 0 Å². The highest BCUT2D eigenvalue weighted by Gasteiger charge is 2.32. The van der Waals surface area contributed by atoms with Gasteiger partial charge in [-0.25, -0.2) is 4.84 Å². The van der Waals surface area contributed by atoms with Crippen molar-refractivity contribution in [1.82, 2.24) is 10.6 Å². The van der Waals surface area contributed by atoms with E-state index in [4.69, 9.17) is 9.94 Å². The van der Waals surface area contributed by atoms with Crippen LogP contribution in [-0.2, 0) is 9.63 Å². The van der Waals surface area contributed by atoms with Crippen molar-refractivity contribution in [2.24, 2.45) is 5.92 Å². The van der Waals surface area contributed by atoms with E-state index in [-0.39, 0.29) is 17.6 Å². The van der Waals surface area contributed by atoms with E-state index < -0.39 is 5.97 Å². The zero-order valence-corrected chi connectivity index (χ0v) is 12.0. The van der Waals surface area contributed by atoms with Crippen LogP contribution in [0.3, 0.4) is 0 Å². The van der Waals surface area contributed by atoms with E-state index in [1.165, 1.54) is 5.01 Å². The van der Waals surface area contributed by atoms with Crippen molar-refractivity contribution in [2.45, 2.75) is 58.1 Å². The quantitative estimate of drug-likeness (QED) is 0.584. The van der Waals surface area contributed by atoms with Gasteiger partial charge in [0.05, 0.1) is 29.5 Å². The fourth-order valence-corrected chi connectivity index (χ4v) is 1.88. The Morgan fingerprint density at radius 3 is 2.26 bits per heavy atom. The van der Waals surface area contributed by atoms with Gasteiger partial charge in [-0.3, -0.25) is 4.79 Å². The van der Waals surface area contributed by atoms with Gasteiger partial charge >= 0.3 is 5.97 Å². The van der Waals surface area contributed by atoms with Gasteiger partial charge in [-0.15, -0.1) is 5.01 Å². The summed E-state index contributed by atoms with van der Waals surface area (Å²) in [5.74, 6) is -1.02. The monoisotopic (exact) mass is 274 g/mol. The number of carboxylic acids is 1. The minimum absolute atomic E-state index is 0.111. The van der Waals surface area contributed by atoms with Crippen LogP contribution in [0, 0.1) is 10.8 Å². The first-order chi connectivity index (χ1) is 8.71.